The summed E-state index contributed by atoms with van der Waals surface area (Å²) in [5.74, 6) is -1.11. The summed E-state index contributed by atoms with van der Waals surface area (Å²) >= 11 is 6.22. The van der Waals surface area contributed by atoms with E-state index < -0.39 is 5.97 Å². The molecule has 1 amide bonds. The number of hydrogen-bond donors (Lipinski definition) is 1. The van der Waals surface area contributed by atoms with Crippen molar-refractivity contribution < 1.29 is 19.1 Å². The summed E-state index contributed by atoms with van der Waals surface area (Å²) in [5.41, 5.74) is 2.61. The van der Waals surface area contributed by atoms with Crippen LogP contribution in [0.1, 0.15) is 38.2 Å². The standard InChI is InChI=1S/C25H27ClFN3O3/c1-2-29(25(33)16-5-3-4-6-16)12-11-17-13-19(27)8-9-20(17)24-21-14-18(26)7-10-22(21)30(28-24)15-23(31)32/h7-10,13-14,16H,2-6,11-12,15H2,1H3,(H,31,32). The Morgan fingerprint density at radius 1 is 1.21 bits per heavy atom. The SMILES string of the molecule is CCN(CCc1cc(F)ccc1-c1nn(CC(=O)O)c2ccc(Cl)cc12)C(=O)C1CCCC1. The van der Waals surface area contributed by atoms with Crippen LogP contribution in [0.2, 0.25) is 5.02 Å². The molecule has 1 fully saturated rings. The van der Waals surface area contributed by atoms with Gasteiger partial charge in [-0.25, -0.2) is 4.39 Å². The summed E-state index contributed by atoms with van der Waals surface area (Å²) in [6.45, 7) is 2.75. The van der Waals surface area contributed by atoms with E-state index in [1.807, 2.05) is 11.8 Å². The number of rotatable bonds is 8. The Morgan fingerprint density at radius 3 is 2.67 bits per heavy atom. The summed E-state index contributed by atoms with van der Waals surface area (Å²) in [7, 11) is 0. The molecule has 4 rings (SSSR count). The van der Waals surface area contributed by atoms with E-state index in [1.54, 1.807) is 24.3 Å². The van der Waals surface area contributed by atoms with Gasteiger partial charge in [-0.1, -0.05) is 24.4 Å². The molecule has 6 nitrogen and oxygen atoms in total. The van der Waals surface area contributed by atoms with E-state index in [-0.39, 0.29) is 24.2 Å². The van der Waals surface area contributed by atoms with Gasteiger partial charge in [0.2, 0.25) is 5.91 Å². The van der Waals surface area contributed by atoms with E-state index in [2.05, 4.69) is 5.10 Å². The number of nitrogens with zero attached hydrogens (tertiary/aromatic N) is 3. The molecular weight excluding hydrogens is 445 g/mol. The number of amides is 1. The lowest BCUT2D eigenvalue weighted by Gasteiger charge is -2.24. The van der Waals surface area contributed by atoms with Crippen molar-refractivity contribution in [2.45, 2.75) is 45.6 Å². The summed E-state index contributed by atoms with van der Waals surface area (Å²) in [4.78, 5) is 26.1. The highest BCUT2D eigenvalue weighted by Crippen LogP contribution is 2.33. The first-order valence-electron chi connectivity index (χ1n) is 11.3. The summed E-state index contributed by atoms with van der Waals surface area (Å²) < 4.78 is 15.6. The molecule has 0 spiro atoms. The van der Waals surface area contributed by atoms with Gasteiger partial charge in [-0.3, -0.25) is 14.3 Å². The number of fused-ring (bicyclic) bond motifs is 1. The molecular formula is C25H27ClFN3O3. The second-order valence-electron chi connectivity index (χ2n) is 8.51. The van der Waals surface area contributed by atoms with Crippen molar-refractivity contribution in [2.24, 2.45) is 5.92 Å². The molecule has 0 unspecified atom stereocenters. The van der Waals surface area contributed by atoms with Gasteiger partial charge >= 0.3 is 5.97 Å². The number of carboxylic acids is 1. The summed E-state index contributed by atoms with van der Waals surface area (Å²) in [6.07, 6.45) is 4.53. The highest BCUT2D eigenvalue weighted by atomic mass is 35.5. The predicted molar refractivity (Wildman–Crippen MR) is 126 cm³/mol. The average molecular weight is 472 g/mol. The number of halogens is 2. The largest absolute Gasteiger partial charge is 0.480 e. The highest BCUT2D eigenvalue weighted by molar-refractivity contribution is 6.31. The Hall–Kier alpha value is -2.93. The van der Waals surface area contributed by atoms with E-state index in [9.17, 15) is 19.1 Å². The van der Waals surface area contributed by atoms with E-state index in [0.717, 1.165) is 31.2 Å². The van der Waals surface area contributed by atoms with Gasteiger partial charge in [0, 0.05) is 35.0 Å². The second kappa shape index (κ2) is 9.91. The maximum atomic E-state index is 14.2. The quantitative estimate of drug-likeness (QED) is 0.492. The van der Waals surface area contributed by atoms with Gasteiger partial charge < -0.3 is 10.0 Å². The minimum Gasteiger partial charge on any atom is -0.480 e. The number of likely N-dealkylation sites (N-methyl/N-ethyl adjacent to an activating group) is 1. The van der Waals surface area contributed by atoms with Crippen LogP contribution in [0.5, 0.6) is 0 Å². The van der Waals surface area contributed by atoms with E-state index in [0.29, 0.717) is 46.7 Å². The summed E-state index contributed by atoms with van der Waals surface area (Å²) in [6, 6.07) is 9.66. The van der Waals surface area contributed by atoms with E-state index in [4.69, 9.17) is 11.6 Å². The van der Waals surface area contributed by atoms with Crippen LogP contribution in [0.4, 0.5) is 4.39 Å². The molecule has 0 atom stereocenters. The Bertz CT molecular complexity index is 1190. The van der Waals surface area contributed by atoms with Gasteiger partial charge in [0.05, 0.1) is 5.52 Å². The molecule has 1 aromatic heterocycles. The number of aliphatic carboxylic acids is 1. The van der Waals surface area contributed by atoms with Crippen molar-refractivity contribution >= 4 is 34.4 Å². The molecule has 33 heavy (non-hydrogen) atoms. The molecule has 2 aromatic carbocycles. The molecule has 0 radical (unpaired) electrons. The number of carbonyl (C=O) groups is 2. The highest BCUT2D eigenvalue weighted by Gasteiger charge is 2.26. The molecule has 1 saturated carbocycles. The Kier molecular flexibility index (Phi) is 6.98. The minimum absolute atomic E-state index is 0.0923. The molecule has 1 aliphatic rings. The number of carbonyl (C=O) groups excluding carboxylic acids is 1. The lowest BCUT2D eigenvalue weighted by molar-refractivity contribution is -0.138. The van der Waals surface area contributed by atoms with Crippen LogP contribution in [0.15, 0.2) is 36.4 Å². The fourth-order valence-electron chi connectivity index (χ4n) is 4.71. The van der Waals surface area contributed by atoms with Crippen molar-refractivity contribution in [2.75, 3.05) is 13.1 Å². The first kappa shape index (κ1) is 23.2. The Labute approximate surface area is 196 Å². The molecule has 174 valence electrons. The molecule has 1 heterocycles. The third-order valence-corrected chi connectivity index (χ3v) is 6.60. The van der Waals surface area contributed by atoms with Crippen LogP contribution < -0.4 is 0 Å². The number of carboxylic acid groups (broad SMARTS) is 1. The molecule has 0 saturated heterocycles. The Balaban J connectivity index is 1.69. The topological polar surface area (TPSA) is 75.4 Å². The van der Waals surface area contributed by atoms with Gasteiger partial charge in [0.1, 0.15) is 18.1 Å². The van der Waals surface area contributed by atoms with Crippen molar-refractivity contribution in [1.29, 1.82) is 0 Å². The smallest absolute Gasteiger partial charge is 0.325 e. The van der Waals surface area contributed by atoms with Gasteiger partial charge in [0.25, 0.3) is 0 Å². The lowest BCUT2D eigenvalue weighted by Crippen LogP contribution is -2.36. The zero-order valence-corrected chi connectivity index (χ0v) is 19.3. The van der Waals surface area contributed by atoms with Gasteiger partial charge in [-0.15, -0.1) is 0 Å². The van der Waals surface area contributed by atoms with Crippen molar-refractivity contribution in [3.05, 3.63) is 52.8 Å². The van der Waals surface area contributed by atoms with Gasteiger partial charge in [-0.05, 0) is 68.1 Å². The normalized spacial score (nSPS) is 14.2. The first-order chi connectivity index (χ1) is 15.9. The van der Waals surface area contributed by atoms with Crippen molar-refractivity contribution in [1.82, 2.24) is 14.7 Å². The van der Waals surface area contributed by atoms with E-state index >= 15 is 0 Å². The van der Waals surface area contributed by atoms with Crippen LogP contribution >= 0.6 is 11.6 Å². The van der Waals surface area contributed by atoms with Crippen molar-refractivity contribution in [3.63, 3.8) is 0 Å². The van der Waals surface area contributed by atoms with E-state index in [1.165, 1.54) is 16.8 Å². The third kappa shape index (κ3) is 5.03. The Morgan fingerprint density at radius 2 is 1.97 bits per heavy atom. The number of hydrogen-bond acceptors (Lipinski definition) is 3. The number of aromatic nitrogens is 2. The summed E-state index contributed by atoms with van der Waals surface area (Å²) in [5, 5.41) is 15.0. The lowest BCUT2D eigenvalue weighted by atomic mass is 9.98. The zero-order chi connectivity index (χ0) is 23.5. The van der Waals surface area contributed by atoms with Gasteiger partial charge in [0.15, 0.2) is 0 Å². The van der Waals surface area contributed by atoms with Gasteiger partial charge in [-0.2, -0.15) is 5.10 Å². The predicted octanol–water partition coefficient (Wildman–Crippen LogP) is 5.16. The monoisotopic (exact) mass is 471 g/mol. The first-order valence-corrected chi connectivity index (χ1v) is 11.7. The van der Waals surface area contributed by atoms with Crippen LogP contribution in [0, 0.1) is 11.7 Å². The molecule has 1 N–H and O–H groups in total. The van der Waals surface area contributed by atoms with Crippen LogP contribution in [0.25, 0.3) is 22.2 Å². The maximum Gasteiger partial charge on any atom is 0.325 e. The van der Waals surface area contributed by atoms with Crippen molar-refractivity contribution in [3.8, 4) is 11.3 Å². The number of benzene rings is 2. The van der Waals surface area contributed by atoms with Crippen LogP contribution in [0.3, 0.4) is 0 Å². The minimum atomic E-state index is -1.01. The maximum absolute atomic E-state index is 14.2. The fraction of sp³-hybridized carbons (Fsp3) is 0.400. The fourth-order valence-corrected chi connectivity index (χ4v) is 4.88. The molecule has 8 heteroatoms. The average Bonchev–Trinajstić information content (AvgIpc) is 3.42. The third-order valence-electron chi connectivity index (χ3n) is 6.37. The molecule has 0 bridgehead atoms. The second-order valence-corrected chi connectivity index (χ2v) is 8.95. The zero-order valence-electron chi connectivity index (χ0n) is 18.6. The molecule has 0 aliphatic heterocycles. The van der Waals surface area contributed by atoms with Crippen LogP contribution in [-0.2, 0) is 22.6 Å². The van der Waals surface area contributed by atoms with Crippen LogP contribution in [-0.4, -0.2) is 44.8 Å². The molecule has 3 aromatic rings. The molecule has 1 aliphatic carbocycles.